The average molecular weight is 451 g/mol. The third-order valence-electron chi connectivity index (χ3n) is 5.79. The van der Waals surface area contributed by atoms with E-state index in [1.165, 1.54) is 16.8 Å². The average Bonchev–Trinajstić information content (AvgIpc) is 3.41. The van der Waals surface area contributed by atoms with E-state index in [1.54, 1.807) is 34.7 Å². The van der Waals surface area contributed by atoms with Crippen LogP contribution in [0.4, 0.5) is 10.2 Å². The van der Waals surface area contributed by atoms with Crippen LogP contribution in [-0.2, 0) is 0 Å². The van der Waals surface area contributed by atoms with Gasteiger partial charge in [-0.15, -0.1) is 16.4 Å². The second-order valence-corrected chi connectivity index (χ2v) is 8.98. The fraction of sp³-hybridized carbons (Fsp3) is 0.304. The maximum absolute atomic E-state index is 15.2. The number of nitrogens with zero attached hydrogens (tertiary/aromatic N) is 5. The second-order valence-electron chi connectivity index (χ2n) is 8.07. The molecule has 1 aliphatic rings. The summed E-state index contributed by atoms with van der Waals surface area (Å²) in [5, 5.41) is 14.3. The predicted octanol–water partition coefficient (Wildman–Crippen LogP) is 4.03. The van der Waals surface area contributed by atoms with Gasteiger partial charge in [-0.2, -0.15) is 0 Å². The maximum atomic E-state index is 15.2. The van der Waals surface area contributed by atoms with Gasteiger partial charge in [-0.3, -0.25) is 9.69 Å². The van der Waals surface area contributed by atoms with Crippen molar-refractivity contribution in [2.75, 3.05) is 18.0 Å². The first kappa shape index (κ1) is 20.7. The van der Waals surface area contributed by atoms with Crippen molar-refractivity contribution in [3.8, 4) is 5.69 Å². The number of hydrogen-bond donors (Lipinski definition) is 1. The van der Waals surface area contributed by atoms with Crippen molar-refractivity contribution < 1.29 is 9.18 Å². The molecule has 1 saturated heterocycles. The molecule has 4 aromatic rings. The summed E-state index contributed by atoms with van der Waals surface area (Å²) in [6, 6.07) is 6.38. The van der Waals surface area contributed by atoms with Gasteiger partial charge in [-0.25, -0.2) is 14.1 Å². The van der Waals surface area contributed by atoms with Gasteiger partial charge in [-0.05, 0) is 62.4 Å². The number of amides is 1. The summed E-state index contributed by atoms with van der Waals surface area (Å²) in [5.41, 5.74) is 2.32. The number of hydrogen-bond acceptors (Lipinski definition) is 6. The summed E-state index contributed by atoms with van der Waals surface area (Å²) in [5.74, 6) is -0.387. The lowest BCUT2D eigenvalue weighted by Crippen LogP contribution is -2.49. The first-order chi connectivity index (χ1) is 15.5. The van der Waals surface area contributed by atoms with Crippen LogP contribution in [0.2, 0.25) is 0 Å². The Kier molecular flexibility index (Phi) is 5.44. The zero-order chi connectivity index (χ0) is 22.2. The quantitative estimate of drug-likeness (QED) is 0.508. The zero-order valence-electron chi connectivity index (χ0n) is 17.9. The van der Waals surface area contributed by atoms with Gasteiger partial charge in [-0.1, -0.05) is 5.21 Å². The van der Waals surface area contributed by atoms with E-state index in [0.29, 0.717) is 18.1 Å². The van der Waals surface area contributed by atoms with E-state index in [-0.39, 0.29) is 17.5 Å². The maximum Gasteiger partial charge on any atom is 0.262 e. The van der Waals surface area contributed by atoms with E-state index in [2.05, 4.69) is 26.0 Å². The van der Waals surface area contributed by atoms with Crippen LogP contribution in [0.1, 0.15) is 34.5 Å². The first-order valence-corrected chi connectivity index (χ1v) is 11.5. The molecule has 5 rings (SSSR count). The molecule has 7 nitrogen and oxygen atoms in total. The number of aromatic nitrogens is 4. The van der Waals surface area contributed by atoms with E-state index in [9.17, 15) is 4.79 Å². The number of anilines is 1. The van der Waals surface area contributed by atoms with Crippen LogP contribution in [-0.4, -0.2) is 45.0 Å². The highest BCUT2D eigenvalue weighted by atomic mass is 32.1. The molecule has 1 aliphatic heterocycles. The standard InChI is InChI=1S/C23H23FN6OS/c1-14-13-32-20-7-9-26-22(21(14)20)30(17-4-3-8-25-11-17)23(31)18-6-5-16(10-19(18)24)29-12-15(2)27-28-29/h5-7,9-10,12-13,17,25H,3-4,8,11H2,1-2H3/t17-/m1/s1. The molecule has 1 aromatic carbocycles. The van der Waals surface area contributed by atoms with Crippen LogP contribution in [0.25, 0.3) is 15.8 Å². The lowest BCUT2D eigenvalue weighted by atomic mass is 10.0. The molecule has 9 heteroatoms. The van der Waals surface area contributed by atoms with Crippen LogP contribution < -0.4 is 10.2 Å². The van der Waals surface area contributed by atoms with Gasteiger partial charge in [0.2, 0.25) is 0 Å². The molecular formula is C23H23FN6OS. The molecule has 0 radical (unpaired) electrons. The van der Waals surface area contributed by atoms with Crippen molar-refractivity contribution >= 4 is 33.1 Å². The van der Waals surface area contributed by atoms with Crippen molar-refractivity contribution in [3.63, 3.8) is 0 Å². The van der Waals surface area contributed by atoms with Crippen molar-refractivity contribution in [3.05, 3.63) is 64.7 Å². The number of pyridine rings is 1. The highest BCUT2D eigenvalue weighted by Crippen LogP contribution is 2.35. The predicted molar refractivity (Wildman–Crippen MR) is 123 cm³/mol. The smallest absolute Gasteiger partial charge is 0.262 e. The van der Waals surface area contributed by atoms with Gasteiger partial charge in [0.05, 0.1) is 29.2 Å². The third-order valence-corrected chi connectivity index (χ3v) is 6.85. The first-order valence-electron chi connectivity index (χ1n) is 10.6. The van der Waals surface area contributed by atoms with Gasteiger partial charge >= 0.3 is 0 Å². The van der Waals surface area contributed by atoms with Gasteiger partial charge in [0.15, 0.2) is 0 Å². The minimum Gasteiger partial charge on any atom is -0.315 e. The third kappa shape index (κ3) is 3.67. The second kappa shape index (κ2) is 8.40. The zero-order valence-corrected chi connectivity index (χ0v) is 18.7. The van der Waals surface area contributed by atoms with E-state index >= 15 is 4.39 Å². The highest BCUT2D eigenvalue weighted by Gasteiger charge is 2.32. The van der Waals surface area contributed by atoms with E-state index in [1.807, 2.05) is 19.9 Å². The molecular weight excluding hydrogens is 427 g/mol. The van der Waals surface area contributed by atoms with Crippen molar-refractivity contribution in [2.45, 2.75) is 32.7 Å². The van der Waals surface area contributed by atoms with Crippen molar-refractivity contribution in [1.82, 2.24) is 25.3 Å². The molecule has 3 aromatic heterocycles. The molecule has 0 aliphatic carbocycles. The molecule has 0 bridgehead atoms. The molecule has 1 atom stereocenters. The van der Waals surface area contributed by atoms with E-state index in [4.69, 9.17) is 0 Å². The molecule has 32 heavy (non-hydrogen) atoms. The molecule has 0 spiro atoms. The number of thiophene rings is 1. The van der Waals surface area contributed by atoms with Crippen LogP contribution in [0.3, 0.4) is 0 Å². The molecule has 1 amide bonds. The van der Waals surface area contributed by atoms with Gasteiger partial charge < -0.3 is 5.32 Å². The Morgan fingerprint density at radius 1 is 1.31 bits per heavy atom. The lowest BCUT2D eigenvalue weighted by molar-refractivity contribution is 0.0968. The van der Waals surface area contributed by atoms with E-state index in [0.717, 1.165) is 40.7 Å². The van der Waals surface area contributed by atoms with Crippen LogP contribution >= 0.6 is 11.3 Å². The van der Waals surface area contributed by atoms with Crippen LogP contribution in [0.5, 0.6) is 0 Å². The Morgan fingerprint density at radius 3 is 2.91 bits per heavy atom. The number of aryl methyl sites for hydroxylation is 2. The summed E-state index contributed by atoms with van der Waals surface area (Å²) in [7, 11) is 0. The Bertz CT molecular complexity index is 1290. The topological polar surface area (TPSA) is 75.9 Å². The summed E-state index contributed by atoms with van der Waals surface area (Å²) >= 11 is 1.62. The number of carbonyl (C=O) groups is 1. The van der Waals surface area contributed by atoms with Crippen LogP contribution in [0.15, 0.2) is 42.0 Å². The highest BCUT2D eigenvalue weighted by molar-refractivity contribution is 7.17. The van der Waals surface area contributed by atoms with E-state index < -0.39 is 5.82 Å². The monoisotopic (exact) mass is 450 g/mol. The van der Waals surface area contributed by atoms with Gasteiger partial charge in [0.1, 0.15) is 11.6 Å². The van der Waals surface area contributed by atoms with Crippen molar-refractivity contribution in [2.24, 2.45) is 0 Å². The Balaban J connectivity index is 1.59. The molecule has 4 heterocycles. The lowest BCUT2D eigenvalue weighted by Gasteiger charge is -2.34. The van der Waals surface area contributed by atoms with Crippen molar-refractivity contribution in [1.29, 1.82) is 0 Å². The van der Waals surface area contributed by atoms with Gasteiger partial charge in [0.25, 0.3) is 5.91 Å². The number of benzene rings is 1. The molecule has 1 N–H and O–H groups in total. The summed E-state index contributed by atoms with van der Waals surface area (Å²) in [6.45, 7) is 5.38. The number of halogens is 1. The Morgan fingerprint density at radius 2 is 2.19 bits per heavy atom. The minimum absolute atomic E-state index is 0.0165. The summed E-state index contributed by atoms with van der Waals surface area (Å²) in [4.78, 5) is 20.1. The normalized spacial score (nSPS) is 16.4. The minimum atomic E-state index is -0.594. The molecule has 0 unspecified atom stereocenters. The number of nitrogens with one attached hydrogen (secondary N) is 1. The SMILES string of the molecule is Cc1cn(-c2ccc(C(=O)N(c3nccc4scc(C)c34)[C@@H]3CCCNC3)c(F)c2)nn1. The Labute approximate surface area is 188 Å². The molecule has 1 fully saturated rings. The number of piperidine rings is 1. The molecule has 0 saturated carbocycles. The van der Waals surface area contributed by atoms with Gasteiger partial charge in [0, 0.05) is 28.9 Å². The number of fused-ring (bicyclic) bond motifs is 1. The summed E-state index contributed by atoms with van der Waals surface area (Å²) in [6.07, 6.45) is 5.20. The fourth-order valence-corrected chi connectivity index (χ4v) is 5.14. The fourth-order valence-electron chi connectivity index (χ4n) is 4.21. The number of rotatable bonds is 4. The summed E-state index contributed by atoms with van der Waals surface area (Å²) < 4.78 is 17.8. The van der Waals surface area contributed by atoms with Crippen LogP contribution in [0, 0.1) is 19.7 Å². The Hall–Kier alpha value is -3.17. The number of carbonyl (C=O) groups excluding carboxylic acids is 1. The largest absolute Gasteiger partial charge is 0.315 e. The molecule has 164 valence electrons.